The first-order valence-electron chi connectivity index (χ1n) is 3.49. The SMILES string of the molecule is NC(=O)N(S)C1CCCC1. The number of primary amides is 1. The fourth-order valence-corrected chi connectivity index (χ4v) is 1.56. The van der Waals surface area contributed by atoms with Gasteiger partial charge in [-0.05, 0) is 12.8 Å². The number of carbonyl (C=O) groups excluding carboxylic acids is 1. The molecule has 1 aliphatic carbocycles. The molecule has 0 unspecified atom stereocenters. The molecule has 0 atom stereocenters. The van der Waals surface area contributed by atoms with Crippen LogP contribution in [-0.2, 0) is 0 Å². The number of nitrogens with zero attached hydrogens (tertiary/aromatic N) is 1. The molecule has 2 amide bonds. The van der Waals surface area contributed by atoms with Crippen molar-refractivity contribution in [2.24, 2.45) is 5.73 Å². The van der Waals surface area contributed by atoms with Crippen molar-refractivity contribution in [2.75, 3.05) is 0 Å². The maximum atomic E-state index is 10.6. The zero-order valence-electron chi connectivity index (χ0n) is 5.79. The number of carbonyl (C=O) groups is 1. The minimum absolute atomic E-state index is 0.279. The van der Waals surface area contributed by atoms with Gasteiger partial charge >= 0.3 is 6.03 Å². The van der Waals surface area contributed by atoms with Crippen LogP contribution in [0.25, 0.3) is 0 Å². The zero-order chi connectivity index (χ0) is 7.56. The van der Waals surface area contributed by atoms with E-state index in [1.54, 1.807) is 0 Å². The first-order chi connectivity index (χ1) is 4.72. The fourth-order valence-electron chi connectivity index (χ4n) is 1.33. The number of hydrogen-bond acceptors (Lipinski definition) is 2. The van der Waals surface area contributed by atoms with Crippen LogP contribution in [0.2, 0.25) is 0 Å². The Morgan fingerprint density at radius 2 is 2.00 bits per heavy atom. The third-order valence-corrected chi connectivity index (χ3v) is 2.42. The topological polar surface area (TPSA) is 46.3 Å². The van der Waals surface area contributed by atoms with Crippen LogP contribution in [-0.4, -0.2) is 16.4 Å². The molecule has 1 fully saturated rings. The van der Waals surface area contributed by atoms with E-state index in [9.17, 15) is 4.79 Å². The van der Waals surface area contributed by atoms with Crippen LogP contribution in [0.1, 0.15) is 25.7 Å². The van der Waals surface area contributed by atoms with Gasteiger partial charge < -0.3 is 5.73 Å². The quantitative estimate of drug-likeness (QED) is 0.555. The Hall–Kier alpha value is -0.380. The van der Waals surface area contributed by atoms with E-state index in [4.69, 9.17) is 5.73 Å². The van der Waals surface area contributed by atoms with Gasteiger partial charge in [0.25, 0.3) is 0 Å². The molecule has 10 heavy (non-hydrogen) atoms. The maximum absolute atomic E-state index is 10.6. The molecule has 2 N–H and O–H groups in total. The summed E-state index contributed by atoms with van der Waals surface area (Å²) in [7, 11) is 0. The number of thiol groups is 1. The number of urea groups is 1. The number of nitrogens with two attached hydrogens (primary N) is 1. The van der Waals surface area contributed by atoms with Gasteiger partial charge in [0.2, 0.25) is 0 Å². The molecule has 0 aromatic carbocycles. The van der Waals surface area contributed by atoms with Gasteiger partial charge in [-0.1, -0.05) is 25.7 Å². The molecule has 3 nitrogen and oxygen atoms in total. The Morgan fingerprint density at radius 3 is 2.40 bits per heavy atom. The van der Waals surface area contributed by atoms with Gasteiger partial charge in [0.05, 0.1) is 0 Å². The predicted molar refractivity (Wildman–Crippen MR) is 42.7 cm³/mol. The molecule has 1 saturated carbocycles. The summed E-state index contributed by atoms with van der Waals surface area (Å²) >= 11 is 3.98. The van der Waals surface area contributed by atoms with E-state index < -0.39 is 6.03 Å². The van der Waals surface area contributed by atoms with Crippen molar-refractivity contribution in [2.45, 2.75) is 31.7 Å². The van der Waals surface area contributed by atoms with Gasteiger partial charge in [0.1, 0.15) is 0 Å². The summed E-state index contributed by atoms with van der Waals surface area (Å²) in [6.45, 7) is 0. The van der Waals surface area contributed by atoms with Gasteiger partial charge in [-0.25, -0.2) is 4.79 Å². The molecular weight excluding hydrogens is 148 g/mol. The van der Waals surface area contributed by atoms with Crippen molar-refractivity contribution in [1.82, 2.24) is 4.31 Å². The summed E-state index contributed by atoms with van der Waals surface area (Å²) in [6.07, 6.45) is 4.48. The Labute approximate surface area is 66.1 Å². The predicted octanol–water partition coefficient (Wildman–Crippen LogP) is 1.15. The third-order valence-electron chi connectivity index (χ3n) is 1.90. The molecule has 1 aliphatic rings. The highest BCUT2D eigenvalue weighted by Crippen LogP contribution is 2.23. The number of hydrogen-bond donors (Lipinski definition) is 2. The second-order valence-electron chi connectivity index (χ2n) is 2.62. The van der Waals surface area contributed by atoms with E-state index in [0.29, 0.717) is 0 Å². The summed E-state index contributed by atoms with van der Waals surface area (Å²) in [5.41, 5.74) is 5.03. The molecule has 4 heteroatoms. The zero-order valence-corrected chi connectivity index (χ0v) is 6.68. The molecule has 1 rings (SSSR count). The van der Waals surface area contributed by atoms with E-state index in [1.807, 2.05) is 0 Å². The molecular formula is C6H12N2OS. The van der Waals surface area contributed by atoms with Gasteiger partial charge in [0, 0.05) is 6.04 Å². The first kappa shape index (κ1) is 7.72. The van der Waals surface area contributed by atoms with Crippen LogP contribution in [0.3, 0.4) is 0 Å². The molecule has 0 aromatic heterocycles. The summed E-state index contributed by atoms with van der Waals surface area (Å²) in [5, 5.41) is 0. The third kappa shape index (κ3) is 1.56. The fraction of sp³-hybridized carbons (Fsp3) is 0.833. The lowest BCUT2D eigenvalue weighted by atomic mass is 10.3. The lowest BCUT2D eigenvalue weighted by Crippen LogP contribution is -2.34. The van der Waals surface area contributed by atoms with Gasteiger partial charge in [-0.15, -0.1) is 0 Å². The lowest BCUT2D eigenvalue weighted by molar-refractivity contribution is 0.226. The van der Waals surface area contributed by atoms with Crippen molar-refractivity contribution in [3.63, 3.8) is 0 Å². The Balaban J connectivity index is 2.39. The molecule has 0 heterocycles. The van der Waals surface area contributed by atoms with Crippen molar-refractivity contribution < 1.29 is 4.79 Å². The minimum Gasteiger partial charge on any atom is -0.351 e. The summed E-state index contributed by atoms with van der Waals surface area (Å²) in [4.78, 5) is 10.6. The van der Waals surface area contributed by atoms with Crippen LogP contribution in [0.4, 0.5) is 4.79 Å². The van der Waals surface area contributed by atoms with Crippen molar-refractivity contribution in [1.29, 1.82) is 0 Å². The van der Waals surface area contributed by atoms with E-state index in [2.05, 4.69) is 12.8 Å². The minimum atomic E-state index is -0.435. The number of amides is 2. The standard InChI is InChI=1S/C6H12N2OS/c7-6(9)8(10)5-3-1-2-4-5/h5,10H,1-4H2,(H2,7,9). The van der Waals surface area contributed by atoms with Crippen LogP contribution >= 0.6 is 12.8 Å². The summed E-state index contributed by atoms with van der Waals surface area (Å²) in [5.74, 6) is 0. The van der Waals surface area contributed by atoms with Crippen LogP contribution < -0.4 is 5.73 Å². The van der Waals surface area contributed by atoms with Gasteiger partial charge in [-0.2, -0.15) is 0 Å². The monoisotopic (exact) mass is 160 g/mol. The number of rotatable bonds is 1. The molecule has 0 radical (unpaired) electrons. The maximum Gasteiger partial charge on any atom is 0.324 e. The average molecular weight is 160 g/mol. The molecule has 0 aliphatic heterocycles. The Bertz CT molecular complexity index is 134. The lowest BCUT2D eigenvalue weighted by Gasteiger charge is -2.19. The first-order valence-corrected chi connectivity index (χ1v) is 3.89. The van der Waals surface area contributed by atoms with Crippen LogP contribution in [0.15, 0.2) is 0 Å². The van der Waals surface area contributed by atoms with E-state index in [0.717, 1.165) is 12.8 Å². The molecule has 0 saturated heterocycles. The van der Waals surface area contributed by atoms with Crippen LogP contribution in [0.5, 0.6) is 0 Å². The second-order valence-corrected chi connectivity index (χ2v) is 3.05. The summed E-state index contributed by atoms with van der Waals surface area (Å²) in [6, 6.07) is -0.156. The molecule has 58 valence electrons. The highest BCUT2D eigenvalue weighted by atomic mass is 32.1. The van der Waals surface area contributed by atoms with Gasteiger partial charge in [-0.3, -0.25) is 4.31 Å². The second kappa shape index (κ2) is 3.14. The largest absolute Gasteiger partial charge is 0.351 e. The highest BCUT2D eigenvalue weighted by Gasteiger charge is 2.22. The smallest absolute Gasteiger partial charge is 0.324 e. The molecule has 0 aromatic rings. The van der Waals surface area contributed by atoms with Crippen molar-refractivity contribution >= 4 is 18.8 Å². The van der Waals surface area contributed by atoms with Crippen LogP contribution in [0, 0.1) is 0 Å². The normalized spacial score (nSPS) is 19.3. The van der Waals surface area contributed by atoms with E-state index in [1.165, 1.54) is 17.1 Å². The average Bonchev–Trinajstić information content (AvgIpc) is 2.36. The van der Waals surface area contributed by atoms with Crippen molar-refractivity contribution in [3.8, 4) is 0 Å². The van der Waals surface area contributed by atoms with E-state index in [-0.39, 0.29) is 6.04 Å². The Morgan fingerprint density at radius 1 is 1.50 bits per heavy atom. The van der Waals surface area contributed by atoms with E-state index >= 15 is 0 Å². The highest BCUT2D eigenvalue weighted by molar-refractivity contribution is 7.78. The van der Waals surface area contributed by atoms with Crippen molar-refractivity contribution in [3.05, 3.63) is 0 Å². The Kier molecular flexibility index (Phi) is 2.43. The summed E-state index contributed by atoms with van der Waals surface area (Å²) < 4.78 is 1.34. The molecule has 0 bridgehead atoms. The van der Waals surface area contributed by atoms with Gasteiger partial charge in [0.15, 0.2) is 0 Å². The molecule has 0 spiro atoms.